The molecule has 0 saturated heterocycles. The molecule has 0 bridgehead atoms. The van der Waals surface area contributed by atoms with Crippen LogP contribution in [-0.4, -0.2) is 23.0 Å². The molecule has 0 unspecified atom stereocenters. The molecular formula is C13H13N3O2. The lowest BCUT2D eigenvalue weighted by atomic mass is 10.1. The Hall–Kier alpha value is -2.43. The highest BCUT2D eigenvalue weighted by atomic mass is 16.5. The molecule has 0 aliphatic rings. The van der Waals surface area contributed by atoms with Gasteiger partial charge in [-0.15, -0.1) is 0 Å². The van der Waals surface area contributed by atoms with Crippen molar-refractivity contribution in [2.45, 2.75) is 6.92 Å². The summed E-state index contributed by atoms with van der Waals surface area (Å²) in [7, 11) is 1.35. The van der Waals surface area contributed by atoms with Gasteiger partial charge in [0, 0.05) is 12.4 Å². The highest BCUT2D eigenvalue weighted by Crippen LogP contribution is 2.20. The first-order valence-corrected chi connectivity index (χ1v) is 5.43. The molecule has 0 saturated carbocycles. The van der Waals surface area contributed by atoms with Crippen LogP contribution in [0.1, 0.15) is 15.9 Å². The number of hydrogen-bond acceptors (Lipinski definition) is 5. The molecular weight excluding hydrogens is 230 g/mol. The molecule has 92 valence electrons. The molecule has 0 fully saturated rings. The van der Waals surface area contributed by atoms with Crippen LogP contribution in [0.3, 0.4) is 0 Å². The van der Waals surface area contributed by atoms with E-state index in [1.165, 1.54) is 7.11 Å². The summed E-state index contributed by atoms with van der Waals surface area (Å²) in [6.45, 7) is 1.91. The predicted molar refractivity (Wildman–Crippen MR) is 67.8 cm³/mol. The van der Waals surface area contributed by atoms with Crippen molar-refractivity contribution >= 4 is 17.6 Å². The van der Waals surface area contributed by atoms with Crippen LogP contribution in [0.4, 0.5) is 11.6 Å². The number of carbonyl (C=O) groups excluding carboxylic acids is 1. The number of aromatic nitrogens is 2. The molecule has 1 N–H and O–H groups in total. The van der Waals surface area contributed by atoms with E-state index in [9.17, 15) is 4.79 Å². The van der Waals surface area contributed by atoms with Crippen molar-refractivity contribution in [3.8, 4) is 0 Å². The maximum Gasteiger partial charge on any atom is 0.339 e. The maximum atomic E-state index is 11.7. The largest absolute Gasteiger partial charge is 0.465 e. The molecule has 2 aromatic rings. The van der Waals surface area contributed by atoms with Crippen LogP contribution in [0, 0.1) is 6.92 Å². The molecule has 18 heavy (non-hydrogen) atoms. The molecule has 1 heterocycles. The number of nitrogens with one attached hydrogen (secondary N) is 1. The Morgan fingerprint density at radius 3 is 2.67 bits per heavy atom. The van der Waals surface area contributed by atoms with Crippen molar-refractivity contribution in [1.82, 2.24) is 9.97 Å². The molecule has 2 rings (SSSR count). The SMILES string of the molecule is COC(=O)c1cc(C)ccc1Nc1ncccn1. The van der Waals surface area contributed by atoms with E-state index in [2.05, 4.69) is 15.3 Å². The van der Waals surface area contributed by atoms with Crippen LogP contribution in [0.25, 0.3) is 0 Å². The molecule has 1 aromatic heterocycles. The summed E-state index contributed by atoms with van der Waals surface area (Å²) in [4.78, 5) is 19.8. The molecule has 0 spiro atoms. The normalized spacial score (nSPS) is 9.89. The van der Waals surface area contributed by atoms with Crippen molar-refractivity contribution in [3.63, 3.8) is 0 Å². The molecule has 0 atom stereocenters. The number of anilines is 2. The van der Waals surface area contributed by atoms with Gasteiger partial charge in [0.25, 0.3) is 0 Å². The average Bonchev–Trinajstić information content (AvgIpc) is 2.41. The van der Waals surface area contributed by atoms with E-state index >= 15 is 0 Å². The van der Waals surface area contributed by atoms with Gasteiger partial charge in [0.2, 0.25) is 5.95 Å². The third-order valence-electron chi connectivity index (χ3n) is 2.39. The van der Waals surface area contributed by atoms with Crippen molar-refractivity contribution in [2.24, 2.45) is 0 Å². The number of rotatable bonds is 3. The van der Waals surface area contributed by atoms with Gasteiger partial charge in [0.1, 0.15) is 0 Å². The minimum absolute atomic E-state index is 0.392. The Kier molecular flexibility index (Phi) is 3.52. The third-order valence-corrected chi connectivity index (χ3v) is 2.39. The minimum Gasteiger partial charge on any atom is -0.465 e. The zero-order valence-electron chi connectivity index (χ0n) is 10.2. The Morgan fingerprint density at radius 1 is 1.28 bits per heavy atom. The summed E-state index contributed by atoms with van der Waals surface area (Å²) in [6, 6.07) is 7.19. The molecule has 0 aliphatic carbocycles. The van der Waals surface area contributed by atoms with E-state index in [1.54, 1.807) is 30.6 Å². The molecule has 1 aromatic carbocycles. The highest BCUT2D eigenvalue weighted by Gasteiger charge is 2.12. The van der Waals surface area contributed by atoms with Gasteiger partial charge in [0.05, 0.1) is 18.4 Å². The number of carbonyl (C=O) groups is 1. The Labute approximate surface area is 105 Å². The number of esters is 1. The molecule has 0 aliphatic heterocycles. The van der Waals surface area contributed by atoms with Gasteiger partial charge in [-0.2, -0.15) is 0 Å². The van der Waals surface area contributed by atoms with E-state index < -0.39 is 5.97 Å². The smallest absolute Gasteiger partial charge is 0.339 e. The summed E-state index contributed by atoms with van der Waals surface area (Å²) in [5, 5.41) is 2.99. The number of aryl methyl sites for hydroxylation is 1. The molecule has 5 heteroatoms. The van der Waals surface area contributed by atoms with Crippen LogP contribution >= 0.6 is 0 Å². The van der Waals surface area contributed by atoms with Crippen LogP contribution in [0.15, 0.2) is 36.7 Å². The van der Waals surface area contributed by atoms with E-state index in [0.29, 0.717) is 17.2 Å². The van der Waals surface area contributed by atoms with Gasteiger partial charge in [-0.25, -0.2) is 14.8 Å². The number of ether oxygens (including phenoxy) is 1. The van der Waals surface area contributed by atoms with Gasteiger partial charge >= 0.3 is 5.97 Å². The van der Waals surface area contributed by atoms with Crippen molar-refractivity contribution in [3.05, 3.63) is 47.8 Å². The van der Waals surface area contributed by atoms with Crippen LogP contribution in [-0.2, 0) is 4.74 Å². The Bertz CT molecular complexity index is 555. The first-order valence-electron chi connectivity index (χ1n) is 5.43. The molecule has 0 amide bonds. The standard InChI is InChI=1S/C13H13N3O2/c1-9-4-5-11(10(8-9)12(17)18-2)16-13-14-6-3-7-15-13/h3-8H,1-2H3,(H,14,15,16). The lowest BCUT2D eigenvalue weighted by molar-refractivity contribution is 0.0602. The lowest BCUT2D eigenvalue weighted by Gasteiger charge is -2.10. The van der Waals surface area contributed by atoms with E-state index in [-0.39, 0.29) is 0 Å². The summed E-state index contributed by atoms with van der Waals surface area (Å²) < 4.78 is 4.75. The zero-order valence-corrected chi connectivity index (χ0v) is 10.2. The fraction of sp³-hybridized carbons (Fsp3) is 0.154. The fourth-order valence-corrected chi connectivity index (χ4v) is 1.53. The Morgan fingerprint density at radius 2 is 2.00 bits per heavy atom. The van der Waals surface area contributed by atoms with Crippen molar-refractivity contribution < 1.29 is 9.53 Å². The monoisotopic (exact) mass is 243 g/mol. The second-order valence-electron chi connectivity index (χ2n) is 3.74. The predicted octanol–water partition coefficient (Wildman–Crippen LogP) is 2.32. The maximum absolute atomic E-state index is 11.7. The summed E-state index contributed by atoms with van der Waals surface area (Å²) >= 11 is 0. The molecule has 0 radical (unpaired) electrons. The first-order chi connectivity index (χ1) is 8.70. The summed E-state index contributed by atoms with van der Waals surface area (Å²) in [5.41, 5.74) is 2.07. The first kappa shape index (κ1) is 12.0. The number of methoxy groups -OCH3 is 1. The van der Waals surface area contributed by atoms with Crippen LogP contribution < -0.4 is 5.32 Å². The third kappa shape index (κ3) is 2.63. The molecule has 5 nitrogen and oxygen atoms in total. The topological polar surface area (TPSA) is 64.1 Å². The number of benzene rings is 1. The van der Waals surface area contributed by atoms with E-state index in [4.69, 9.17) is 4.74 Å². The van der Waals surface area contributed by atoms with E-state index in [0.717, 1.165) is 5.56 Å². The highest BCUT2D eigenvalue weighted by molar-refractivity contribution is 5.96. The fourth-order valence-electron chi connectivity index (χ4n) is 1.53. The average molecular weight is 243 g/mol. The van der Waals surface area contributed by atoms with Gasteiger partial charge in [-0.1, -0.05) is 11.6 Å². The van der Waals surface area contributed by atoms with Gasteiger partial charge in [-0.3, -0.25) is 0 Å². The number of hydrogen-bond donors (Lipinski definition) is 1. The van der Waals surface area contributed by atoms with Gasteiger partial charge < -0.3 is 10.1 Å². The van der Waals surface area contributed by atoms with Crippen LogP contribution in [0.5, 0.6) is 0 Å². The summed E-state index contributed by atoms with van der Waals surface area (Å²) in [6.07, 6.45) is 3.25. The van der Waals surface area contributed by atoms with E-state index in [1.807, 2.05) is 13.0 Å². The van der Waals surface area contributed by atoms with Crippen molar-refractivity contribution in [2.75, 3.05) is 12.4 Å². The van der Waals surface area contributed by atoms with Gasteiger partial charge in [-0.05, 0) is 25.1 Å². The minimum atomic E-state index is -0.392. The second-order valence-corrected chi connectivity index (χ2v) is 3.74. The van der Waals surface area contributed by atoms with Crippen LogP contribution in [0.2, 0.25) is 0 Å². The lowest BCUT2D eigenvalue weighted by Crippen LogP contribution is -2.07. The Balaban J connectivity index is 2.35. The zero-order chi connectivity index (χ0) is 13.0. The van der Waals surface area contributed by atoms with Gasteiger partial charge in [0.15, 0.2) is 0 Å². The summed E-state index contributed by atoms with van der Waals surface area (Å²) in [5.74, 6) is 0.0450. The second kappa shape index (κ2) is 5.27. The number of nitrogens with zero attached hydrogens (tertiary/aromatic N) is 2. The quantitative estimate of drug-likeness (QED) is 0.838. The van der Waals surface area contributed by atoms with Crippen molar-refractivity contribution in [1.29, 1.82) is 0 Å².